The number of benzene rings is 4. The van der Waals surface area contributed by atoms with Gasteiger partial charge in [0.05, 0.1) is 12.7 Å². The summed E-state index contributed by atoms with van der Waals surface area (Å²) in [6.07, 6.45) is -3.41. The highest BCUT2D eigenvalue weighted by Crippen LogP contribution is 2.71. The summed E-state index contributed by atoms with van der Waals surface area (Å²) in [6, 6.07) is 29.7. The van der Waals surface area contributed by atoms with Crippen LogP contribution in [0, 0.1) is 0 Å². The fourth-order valence-electron chi connectivity index (χ4n) is 8.99. The van der Waals surface area contributed by atoms with E-state index in [2.05, 4.69) is 0 Å². The summed E-state index contributed by atoms with van der Waals surface area (Å²) in [5.41, 5.74) is 0.718. The van der Waals surface area contributed by atoms with Crippen molar-refractivity contribution in [2.24, 2.45) is 0 Å². The van der Waals surface area contributed by atoms with E-state index in [1.807, 2.05) is 83.8 Å². The number of anilines is 1. The van der Waals surface area contributed by atoms with Crippen LogP contribution >= 0.6 is 12.2 Å². The molecule has 254 valence electrons. The van der Waals surface area contributed by atoms with E-state index in [0.717, 1.165) is 0 Å². The SMILES string of the molecule is COc1ccc(N2C(=S)C3OC2(OC)c2ccccc2C32OC3(OC)OC2C2(OC4(OC)OC2C(=O)c2ccccc24)c2ccccc23)cc1. The van der Waals surface area contributed by atoms with Crippen LogP contribution in [0.3, 0.4) is 0 Å². The molecule has 8 atom stereocenters. The monoisotopic (exact) mass is 693 g/mol. The smallest absolute Gasteiger partial charge is 0.314 e. The molecule has 0 saturated carbocycles. The van der Waals surface area contributed by atoms with Gasteiger partial charge in [0.1, 0.15) is 22.9 Å². The predicted molar refractivity (Wildman–Crippen MR) is 178 cm³/mol. The van der Waals surface area contributed by atoms with E-state index in [-0.39, 0.29) is 5.78 Å². The Labute approximate surface area is 292 Å². The summed E-state index contributed by atoms with van der Waals surface area (Å²) in [5.74, 6) is -4.60. The fourth-order valence-corrected chi connectivity index (χ4v) is 9.44. The number of carbonyl (C=O) groups excluding carboxylic acids is 1. The first kappa shape index (κ1) is 30.7. The molecule has 3 fully saturated rings. The first-order valence-electron chi connectivity index (χ1n) is 16.2. The molecule has 4 aromatic carbocycles. The van der Waals surface area contributed by atoms with Gasteiger partial charge >= 0.3 is 11.9 Å². The Bertz CT molecular complexity index is 2130. The molecule has 50 heavy (non-hydrogen) atoms. The van der Waals surface area contributed by atoms with E-state index in [1.165, 1.54) is 14.2 Å². The van der Waals surface area contributed by atoms with Crippen molar-refractivity contribution in [3.05, 3.63) is 130 Å². The predicted octanol–water partition coefficient (Wildman–Crippen LogP) is 5.04. The summed E-state index contributed by atoms with van der Waals surface area (Å²) in [7, 11) is 6.18. The molecule has 10 rings (SSSR count). The number of rotatable bonds is 5. The minimum absolute atomic E-state index is 0.291. The van der Waals surface area contributed by atoms with Crippen LogP contribution in [-0.4, -0.2) is 57.5 Å². The maximum atomic E-state index is 14.7. The standard InChI is InChI=1S/C38H31NO10S/c1-41-22-19-17-21(18-20-22)39-32(50)31-35(25-13-7-9-15-27(25)36(39,42-2)45-31)33-34(26-14-8-10-16-28(26)38(44-4,47-33)49-35)30-29(40)23-11-5-6-12-24(23)37(43-3,46-30)48-34/h5-20,30-31,33H,1-4H3. The lowest BCUT2D eigenvalue weighted by Gasteiger charge is -2.49. The molecule has 6 bridgehead atoms. The van der Waals surface area contributed by atoms with Gasteiger partial charge in [-0.05, 0) is 24.3 Å². The normalized spacial score (nSPS) is 36.9. The van der Waals surface area contributed by atoms with Crippen molar-refractivity contribution >= 4 is 28.7 Å². The Morgan fingerprint density at radius 1 is 0.620 bits per heavy atom. The minimum atomic E-state index is -1.75. The number of ether oxygens (including phenoxy) is 9. The molecule has 0 amide bonds. The Kier molecular flexibility index (Phi) is 6.17. The summed E-state index contributed by atoms with van der Waals surface area (Å²) in [6.45, 7) is 0. The summed E-state index contributed by atoms with van der Waals surface area (Å²) in [5, 5.41) is 0. The third-order valence-corrected chi connectivity index (χ3v) is 11.4. The van der Waals surface area contributed by atoms with E-state index in [1.54, 1.807) is 32.4 Å². The molecular weight excluding hydrogens is 662 g/mol. The molecule has 0 radical (unpaired) electrons. The molecular formula is C38H31NO10S. The average molecular weight is 694 g/mol. The maximum absolute atomic E-state index is 14.7. The molecule has 0 aliphatic carbocycles. The van der Waals surface area contributed by atoms with Gasteiger partial charge in [-0.25, -0.2) is 0 Å². The lowest BCUT2D eigenvalue weighted by atomic mass is 9.67. The molecule has 8 unspecified atom stereocenters. The van der Waals surface area contributed by atoms with Gasteiger partial charge in [-0.1, -0.05) is 85.0 Å². The van der Waals surface area contributed by atoms with Crippen LogP contribution in [0.5, 0.6) is 5.75 Å². The van der Waals surface area contributed by atoms with Crippen LogP contribution in [0.2, 0.25) is 0 Å². The lowest BCUT2D eigenvalue weighted by molar-refractivity contribution is -0.382. The van der Waals surface area contributed by atoms with E-state index in [4.69, 9.17) is 54.8 Å². The summed E-state index contributed by atoms with van der Waals surface area (Å²) in [4.78, 5) is 16.9. The lowest BCUT2D eigenvalue weighted by Crippen LogP contribution is -2.64. The van der Waals surface area contributed by atoms with Crippen LogP contribution in [0.25, 0.3) is 0 Å². The highest BCUT2D eigenvalue weighted by atomic mass is 32.1. The van der Waals surface area contributed by atoms with Crippen LogP contribution in [0.15, 0.2) is 97.1 Å². The van der Waals surface area contributed by atoms with Crippen molar-refractivity contribution in [3.63, 3.8) is 0 Å². The zero-order chi connectivity index (χ0) is 34.3. The Morgan fingerprint density at radius 2 is 1.18 bits per heavy atom. The molecule has 11 nitrogen and oxygen atoms in total. The molecule has 0 aromatic heterocycles. The number of nitrogens with zero attached hydrogens (tertiary/aromatic N) is 1. The van der Waals surface area contributed by atoms with E-state index in [0.29, 0.717) is 49.8 Å². The van der Waals surface area contributed by atoms with Crippen LogP contribution < -0.4 is 9.64 Å². The van der Waals surface area contributed by atoms with Crippen LogP contribution in [0.1, 0.15) is 38.2 Å². The van der Waals surface area contributed by atoms with Gasteiger partial charge in [0.25, 0.3) is 5.91 Å². The van der Waals surface area contributed by atoms with Gasteiger partial charge in [-0.3, -0.25) is 9.69 Å². The second-order valence-corrected chi connectivity index (χ2v) is 13.4. The Morgan fingerprint density at radius 3 is 1.82 bits per heavy atom. The fraction of sp³-hybridized carbons (Fsp3) is 0.316. The van der Waals surface area contributed by atoms with Crippen LogP contribution in [-0.2, 0) is 67.0 Å². The van der Waals surface area contributed by atoms with Crippen molar-refractivity contribution in [2.45, 2.75) is 47.4 Å². The third-order valence-electron chi connectivity index (χ3n) is 11.0. The van der Waals surface area contributed by atoms with Gasteiger partial charge in [0.2, 0.25) is 0 Å². The highest BCUT2D eigenvalue weighted by Gasteiger charge is 2.84. The van der Waals surface area contributed by atoms with Gasteiger partial charge in [-0.15, -0.1) is 0 Å². The molecule has 12 heteroatoms. The van der Waals surface area contributed by atoms with Crippen molar-refractivity contribution in [1.82, 2.24) is 0 Å². The molecule has 3 saturated heterocycles. The number of carbonyl (C=O) groups is 1. The van der Waals surface area contributed by atoms with Crippen molar-refractivity contribution in [2.75, 3.05) is 33.3 Å². The van der Waals surface area contributed by atoms with E-state index in [9.17, 15) is 4.79 Å². The van der Waals surface area contributed by atoms with Crippen LogP contribution in [0.4, 0.5) is 5.69 Å². The van der Waals surface area contributed by atoms with Gasteiger partial charge < -0.3 is 42.6 Å². The topological polar surface area (TPSA) is 103 Å². The zero-order valence-electron chi connectivity index (χ0n) is 27.4. The van der Waals surface area contributed by atoms with Crippen molar-refractivity contribution < 1.29 is 47.4 Å². The number of Topliss-reactive ketones (excluding diaryl/α,β-unsaturated/α-hetero) is 1. The first-order chi connectivity index (χ1) is 24.3. The largest absolute Gasteiger partial charge is 0.497 e. The number of hydrogen-bond donors (Lipinski definition) is 0. The molecule has 4 aromatic rings. The second-order valence-electron chi connectivity index (χ2n) is 13.0. The quantitative estimate of drug-likeness (QED) is 0.262. The highest BCUT2D eigenvalue weighted by molar-refractivity contribution is 7.80. The van der Waals surface area contributed by atoms with Crippen molar-refractivity contribution in [3.8, 4) is 5.75 Å². The third kappa shape index (κ3) is 3.29. The Balaban J connectivity index is 1.26. The molecule has 6 aliphatic heterocycles. The average Bonchev–Trinajstić information content (AvgIpc) is 3.77. The summed E-state index contributed by atoms with van der Waals surface area (Å²) < 4.78 is 59.2. The number of ketones is 1. The summed E-state index contributed by atoms with van der Waals surface area (Å²) >= 11 is 6.37. The number of hydrogen-bond acceptors (Lipinski definition) is 11. The van der Waals surface area contributed by atoms with Gasteiger partial charge in [0, 0.05) is 54.8 Å². The Hall–Kier alpha value is -4.08. The van der Waals surface area contributed by atoms with Crippen molar-refractivity contribution in [1.29, 1.82) is 0 Å². The zero-order valence-corrected chi connectivity index (χ0v) is 28.2. The van der Waals surface area contributed by atoms with Gasteiger partial charge in [0.15, 0.2) is 23.1 Å². The number of fused-ring (bicyclic) bond motifs is 18. The molecule has 0 N–H and O–H groups in total. The molecule has 2 spiro atoms. The minimum Gasteiger partial charge on any atom is -0.497 e. The molecule has 6 aliphatic rings. The number of thiocarbonyl (C=S) groups is 1. The molecule has 6 heterocycles. The number of methoxy groups -OCH3 is 4. The maximum Gasteiger partial charge on any atom is 0.314 e. The van der Waals surface area contributed by atoms with E-state index >= 15 is 0 Å². The van der Waals surface area contributed by atoms with E-state index < -0.39 is 47.4 Å². The first-order valence-corrected chi connectivity index (χ1v) is 16.6. The van der Waals surface area contributed by atoms with Gasteiger partial charge in [-0.2, -0.15) is 0 Å². The second kappa shape index (κ2) is 10.0.